The van der Waals surface area contributed by atoms with Gasteiger partial charge in [0.25, 0.3) is 5.91 Å². The van der Waals surface area contributed by atoms with Gasteiger partial charge in [-0.05, 0) is 36.4 Å². The van der Waals surface area contributed by atoms with E-state index in [1.54, 1.807) is 35.1 Å². The first-order valence-electron chi connectivity index (χ1n) is 10.3. The van der Waals surface area contributed by atoms with Crippen LogP contribution in [0.1, 0.15) is 49.7 Å². The third-order valence-electron chi connectivity index (χ3n) is 5.03. The average molecular weight is 432 g/mol. The van der Waals surface area contributed by atoms with Crippen LogP contribution in [-0.2, 0) is 15.0 Å². The molecule has 3 aromatic rings. The van der Waals surface area contributed by atoms with Crippen LogP contribution in [0.3, 0.4) is 0 Å². The first-order valence-corrected chi connectivity index (χ1v) is 10.3. The van der Waals surface area contributed by atoms with Crippen LogP contribution in [0.4, 0.5) is 11.5 Å². The zero-order chi connectivity index (χ0) is 22.9. The third kappa shape index (κ3) is 4.36. The summed E-state index contributed by atoms with van der Waals surface area (Å²) in [6, 6.07) is 13.8. The van der Waals surface area contributed by atoms with E-state index in [1.165, 1.54) is 5.01 Å². The molecule has 2 aromatic heterocycles. The van der Waals surface area contributed by atoms with Crippen molar-refractivity contribution in [1.29, 1.82) is 0 Å². The number of nitrogens with zero attached hydrogens (tertiary/aromatic N) is 4. The first kappa shape index (κ1) is 21.2. The maximum Gasteiger partial charge on any atom is 0.256 e. The van der Waals surface area contributed by atoms with Crippen LogP contribution >= 0.6 is 0 Å². The molecule has 1 fully saturated rings. The highest BCUT2D eigenvalue weighted by Crippen LogP contribution is 2.26. The number of hydrogen-bond donors (Lipinski definition) is 2. The number of nitrogens with one attached hydrogen (secondary N) is 2. The van der Waals surface area contributed by atoms with E-state index in [4.69, 9.17) is 0 Å². The predicted molar refractivity (Wildman–Crippen MR) is 119 cm³/mol. The standard InChI is InChI=1S/C23H24N6O3/c1-23(2,3)17-14-19(29(26-17)18-6-4-5-13-24-18)25-22(32)15-7-9-16(10-8-15)28-21(31)12-11-20(30)27-28/h4-10,13-14H,11-12H2,1-3H3,(H,25,32)(H,27,30). The second kappa shape index (κ2) is 8.26. The second-order valence-corrected chi connectivity index (χ2v) is 8.53. The number of rotatable bonds is 4. The van der Waals surface area contributed by atoms with Crippen molar-refractivity contribution in [2.24, 2.45) is 0 Å². The van der Waals surface area contributed by atoms with Gasteiger partial charge in [0.1, 0.15) is 5.82 Å². The molecule has 0 unspecified atom stereocenters. The molecule has 0 atom stereocenters. The van der Waals surface area contributed by atoms with Gasteiger partial charge in [-0.2, -0.15) is 9.78 Å². The van der Waals surface area contributed by atoms with Crippen LogP contribution in [-0.4, -0.2) is 32.5 Å². The van der Waals surface area contributed by atoms with E-state index in [0.717, 1.165) is 5.69 Å². The largest absolute Gasteiger partial charge is 0.306 e. The fourth-order valence-corrected chi connectivity index (χ4v) is 3.22. The number of aromatic nitrogens is 3. The van der Waals surface area contributed by atoms with Gasteiger partial charge in [-0.25, -0.2) is 9.99 Å². The van der Waals surface area contributed by atoms with E-state index in [0.29, 0.717) is 22.9 Å². The Morgan fingerprint density at radius 1 is 1.06 bits per heavy atom. The molecule has 1 aromatic carbocycles. The number of pyridine rings is 1. The lowest BCUT2D eigenvalue weighted by Crippen LogP contribution is -2.50. The third-order valence-corrected chi connectivity index (χ3v) is 5.03. The topological polar surface area (TPSA) is 109 Å². The molecule has 164 valence electrons. The first-order chi connectivity index (χ1) is 15.2. The summed E-state index contributed by atoms with van der Waals surface area (Å²) < 4.78 is 1.61. The van der Waals surface area contributed by atoms with Gasteiger partial charge in [0.2, 0.25) is 11.8 Å². The minimum atomic E-state index is -0.330. The number of hydrazine groups is 1. The van der Waals surface area contributed by atoms with E-state index in [-0.39, 0.29) is 36.0 Å². The molecular weight excluding hydrogens is 408 g/mol. The molecule has 0 bridgehead atoms. The molecule has 3 amide bonds. The maximum atomic E-state index is 12.9. The molecule has 4 rings (SSSR count). The van der Waals surface area contributed by atoms with Crippen LogP contribution in [0.15, 0.2) is 54.7 Å². The molecule has 1 aliphatic heterocycles. The summed E-state index contributed by atoms with van der Waals surface area (Å²) in [4.78, 5) is 41.0. The minimum Gasteiger partial charge on any atom is -0.306 e. The molecule has 9 heteroatoms. The lowest BCUT2D eigenvalue weighted by molar-refractivity contribution is -0.130. The molecule has 9 nitrogen and oxygen atoms in total. The van der Waals surface area contributed by atoms with Crippen molar-refractivity contribution in [3.05, 3.63) is 66.0 Å². The average Bonchev–Trinajstić information content (AvgIpc) is 3.20. The van der Waals surface area contributed by atoms with E-state index >= 15 is 0 Å². The molecule has 0 radical (unpaired) electrons. The number of hydrogen-bond acceptors (Lipinski definition) is 5. The lowest BCUT2D eigenvalue weighted by atomic mass is 9.92. The van der Waals surface area contributed by atoms with E-state index in [9.17, 15) is 14.4 Å². The second-order valence-electron chi connectivity index (χ2n) is 8.53. The number of anilines is 2. The van der Waals surface area contributed by atoms with Gasteiger partial charge >= 0.3 is 0 Å². The van der Waals surface area contributed by atoms with E-state index in [2.05, 4.69) is 20.8 Å². The molecule has 3 heterocycles. The highest BCUT2D eigenvalue weighted by molar-refractivity contribution is 6.05. The lowest BCUT2D eigenvalue weighted by Gasteiger charge is -2.27. The van der Waals surface area contributed by atoms with Gasteiger partial charge in [0.05, 0.1) is 11.4 Å². The van der Waals surface area contributed by atoms with Crippen molar-refractivity contribution >= 4 is 29.2 Å². The quantitative estimate of drug-likeness (QED) is 0.659. The zero-order valence-corrected chi connectivity index (χ0v) is 18.1. The summed E-state index contributed by atoms with van der Waals surface area (Å²) in [5.41, 5.74) is 4.03. The summed E-state index contributed by atoms with van der Waals surface area (Å²) in [7, 11) is 0. The van der Waals surface area contributed by atoms with Gasteiger partial charge in [0.15, 0.2) is 5.82 Å². The zero-order valence-electron chi connectivity index (χ0n) is 18.1. The Morgan fingerprint density at radius 2 is 1.81 bits per heavy atom. The van der Waals surface area contributed by atoms with Crippen molar-refractivity contribution < 1.29 is 14.4 Å². The Balaban J connectivity index is 1.58. The molecule has 0 aliphatic carbocycles. The summed E-state index contributed by atoms with van der Waals surface area (Å²) in [5, 5.41) is 8.76. The molecule has 0 spiro atoms. The van der Waals surface area contributed by atoms with Crippen LogP contribution in [0.5, 0.6) is 0 Å². The maximum absolute atomic E-state index is 12.9. The smallest absolute Gasteiger partial charge is 0.256 e. The van der Waals surface area contributed by atoms with Crippen molar-refractivity contribution in [3.8, 4) is 5.82 Å². The van der Waals surface area contributed by atoms with Crippen molar-refractivity contribution in [3.63, 3.8) is 0 Å². The normalized spacial score (nSPS) is 14.3. The van der Waals surface area contributed by atoms with E-state index < -0.39 is 0 Å². The minimum absolute atomic E-state index is 0.154. The van der Waals surface area contributed by atoms with Gasteiger partial charge < -0.3 is 5.32 Å². The highest BCUT2D eigenvalue weighted by Gasteiger charge is 2.25. The molecular formula is C23H24N6O3. The molecule has 1 saturated heterocycles. The summed E-state index contributed by atoms with van der Waals surface area (Å²) in [6.07, 6.45) is 2.00. The molecule has 32 heavy (non-hydrogen) atoms. The fourth-order valence-electron chi connectivity index (χ4n) is 3.22. The van der Waals surface area contributed by atoms with Crippen molar-refractivity contribution in [2.75, 3.05) is 10.3 Å². The summed E-state index contributed by atoms with van der Waals surface area (Å²) >= 11 is 0. The summed E-state index contributed by atoms with van der Waals surface area (Å²) in [6.45, 7) is 6.13. The van der Waals surface area contributed by atoms with Crippen LogP contribution in [0.2, 0.25) is 0 Å². The Hall–Kier alpha value is -4.01. The number of benzene rings is 1. The number of carbonyl (C=O) groups is 3. The van der Waals surface area contributed by atoms with Crippen LogP contribution < -0.4 is 15.8 Å². The SMILES string of the molecule is CC(C)(C)c1cc(NC(=O)c2ccc(N3NC(=O)CCC3=O)cc2)n(-c2ccccn2)n1. The van der Waals surface area contributed by atoms with Gasteiger partial charge in [-0.1, -0.05) is 26.8 Å². The fraction of sp³-hybridized carbons (Fsp3) is 0.261. The number of carbonyl (C=O) groups excluding carboxylic acids is 3. The van der Waals surface area contributed by atoms with Gasteiger partial charge in [0, 0.05) is 36.1 Å². The van der Waals surface area contributed by atoms with Crippen molar-refractivity contribution in [2.45, 2.75) is 39.0 Å². The van der Waals surface area contributed by atoms with E-state index in [1.807, 2.05) is 45.0 Å². The van der Waals surface area contributed by atoms with Crippen LogP contribution in [0, 0.1) is 0 Å². The Labute approximate surface area is 185 Å². The Bertz CT molecular complexity index is 1160. The van der Waals surface area contributed by atoms with Gasteiger partial charge in [-0.3, -0.25) is 19.8 Å². The highest BCUT2D eigenvalue weighted by atomic mass is 16.2. The predicted octanol–water partition coefficient (Wildman–Crippen LogP) is 2.98. The van der Waals surface area contributed by atoms with Crippen LogP contribution in [0.25, 0.3) is 5.82 Å². The monoisotopic (exact) mass is 432 g/mol. The van der Waals surface area contributed by atoms with Crippen molar-refractivity contribution in [1.82, 2.24) is 20.2 Å². The molecule has 1 aliphatic rings. The Kier molecular flexibility index (Phi) is 5.48. The Morgan fingerprint density at radius 3 is 2.47 bits per heavy atom. The number of amides is 3. The summed E-state index contributed by atoms with van der Waals surface area (Å²) in [5.74, 6) is 0.344. The van der Waals surface area contributed by atoms with Gasteiger partial charge in [-0.15, -0.1) is 0 Å². The molecule has 0 saturated carbocycles. The molecule has 2 N–H and O–H groups in total.